The van der Waals surface area contributed by atoms with E-state index in [2.05, 4.69) is 9.97 Å². The fourth-order valence-corrected chi connectivity index (χ4v) is 3.28. The third kappa shape index (κ3) is 6.43. The SMILES string of the molecule is O=Cc1ncccc1OCc1ccc(C(=O)Oc2ccc(OCc3ccc(C(=O)O)cc3)c(C=O)n2)cc1. The molecule has 0 atom stereocenters. The van der Waals surface area contributed by atoms with E-state index in [9.17, 15) is 19.2 Å². The minimum atomic E-state index is -1.03. The predicted octanol–water partition coefficient (Wildman–Crippen LogP) is 4.18. The third-order valence-corrected chi connectivity index (χ3v) is 5.26. The molecule has 1 N–H and O–H groups in total. The summed E-state index contributed by atoms with van der Waals surface area (Å²) < 4.78 is 16.5. The minimum absolute atomic E-state index is 0.0601. The molecule has 0 aliphatic carbocycles. The van der Waals surface area contributed by atoms with Crippen LogP contribution in [0.4, 0.5) is 0 Å². The minimum Gasteiger partial charge on any atom is -0.487 e. The number of benzene rings is 2. The van der Waals surface area contributed by atoms with Gasteiger partial charge in [0.2, 0.25) is 5.88 Å². The summed E-state index contributed by atoms with van der Waals surface area (Å²) >= 11 is 0. The van der Waals surface area contributed by atoms with Gasteiger partial charge in [0.25, 0.3) is 0 Å². The second kappa shape index (κ2) is 12.0. The Labute approximate surface area is 216 Å². The van der Waals surface area contributed by atoms with Crippen LogP contribution in [0.1, 0.15) is 52.8 Å². The van der Waals surface area contributed by atoms with Gasteiger partial charge in [-0.3, -0.25) is 9.59 Å². The van der Waals surface area contributed by atoms with Gasteiger partial charge in [-0.1, -0.05) is 24.3 Å². The van der Waals surface area contributed by atoms with Gasteiger partial charge in [-0.25, -0.2) is 19.6 Å². The van der Waals surface area contributed by atoms with E-state index in [-0.39, 0.29) is 47.4 Å². The van der Waals surface area contributed by atoms with E-state index in [1.54, 1.807) is 48.5 Å². The monoisotopic (exact) mass is 512 g/mol. The van der Waals surface area contributed by atoms with E-state index in [0.717, 1.165) is 5.56 Å². The van der Waals surface area contributed by atoms with E-state index >= 15 is 0 Å². The van der Waals surface area contributed by atoms with Crippen LogP contribution in [0.3, 0.4) is 0 Å². The van der Waals surface area contributed by atoms with Crippen molar-refractivity contribution >= 4 is 24.5 Å². The number of pyridine rings is 2. The van der Waals surface area contributed by atoms with Gasteiger partial charge in [-0.2, -0.15) is 0 Å². The van der Waals surface area contributed by atoms with E-state index in [1.165, 1.54) is 30.5 Å². The van der Waals surface area contributed by atoms with Gasteiger partial charge < -0.3 is 19.3 Å². The Morgan fingerprint density at radius 2 is 1.32 bits per heavy atom. The standard InChI is InChI=1S/C28H20N2O8/c31-14-22-24(2-1-13-29-22)36-16-19-5-9-21(10-6-19)28(35)38-26-12-11-25(23(15-32)30-26)37-17-18-3-7-20(8-4-18)27(33)34/h1-15H,16-17H2,(H,33,34). The zero-order chi connectivity index (χ0) is 26.9. The van der Waals surface area contributed by atoms with Crippen LogP contribution in [0.25, 0.3) is 0 Å². The molecule has 2 aromatic heterocycles. The molecule has 2 aromatic carbocycles. The topological polar surface area (TPSA) is 142 Å². The number of hydrogen-bond donors (Lipinski definition) is 1. The highest BCUT2D eigenvalue weighted by Crippen LogP contribution is 2.22. The Kier molecular flexibility index (Phi) is 8.15. The average molecular weight is 512 g/mol. The number of carboxylic acids is 1. The molecular formula is C28H20N2O8. The zero-order valence-corrected chi connectivity index (χ0v) is 19.8. The number of hydrogen-bond acceptors (Lipinski definition) is 9. The molecular weight excluding hydrogens is 492 g/mol. The maximum Gasteiger partial charge on any atom is 0.344 e. The lowest BCUT2D eigenvalue weighted by molar-refractivity contribution is 0.0693. The first kappa shape index (κ1) is 25.7. The van der Waals surface area contributed by atoms with Crippen molar-refractivity contribution in [2.45, 2.75) is 13.2 Å². The number of rotatable bonds is 11. The van der Waals surface area contributed by atoms with Crippen LogP contribution in [0.15, 0.2) is 79.0 Å². The summed E-state index contributed by atoms with van der Waals surface area (Å²) in [6, 6.07) is 18.7. The summed E-state index contributed by atoms with van der Waals surface area (Å²) in [7, 11) is 0. The number of ether oxygens (including phenoxy) is 3. The molecule has 190 valence electrons. The fourth-order valence-electron chi connectivity index (χ4n) is 3.28. The summed E-state index contributed by atoms with van der Waals surface area (Å²) in [6.45, 7) is 0.242. The van der Waals surface area contributed by atoms with Crippen LogP contribution in [-0.2, 0) is 13.2 Å². The molecule has 10 heteroatoms. The molecule has 0 radical (unpaired) electrons. The molecule has 4 aromatic rings. The molecule has 0 aliphatic rings. The highest BCUT2D eigenvalue weighted by molar-refractivity contribution is 5.91. The highest BCUT2D eigenvalue weighted by Gasteiger charge is 2.13. The normalized spacial score (nSPS) is 10.3. The molecule has 0 spiro atoms. The lowest BCUT2D eigenvalue weighted by Crippen LogP contribution is -2.11. The molecule has 4 rings (SSSR count). The van der Waals surface area contributed by atoms with Crippen LogP contribution in [0.2, 0.25) is 0 Å². The predicted molar refractivity (Wildman–Crippen MR) is 133 cm³/mol. The van der Waals surface area contributed by atoms with Crippen molar-refractivity contribution in [1.29, 1.82) is 0 Å². The number of nitrogens with zero attached hydrogens (tertiary/aromatic N) is 2. The number of carboxylic acid groups (broad SMARTS) is 1. The Balaban J connectivity index is 1.35. The van der Waals surface area contributed by atoms with Gasteiger partial charge in [-0.15, -0.1) is 0 Å². The second-order valence-electron chi connectivity index (χ2n) is 7.82. The molecule has 0 amide bonds. The van der Waals surface area contributed by atoms with Crippen LogP contribution < -0.4 is 14.2 Å². The van der Waals surface area contributed by atoms with Gasteiger partial charge in [-0.05, 0) is 53.6 Å². The fraction of sp³-hybridized carbons (Fsp3) is 0.0714. The third-order valence-electron chi connectivity index (χ3n) is 5.26. The molecule has 0 saturated carbocycles. The van der Waals surface area contributed by atoms with E-state index in [4.69, 9.17) is 19.3 Å². The molecule has 0 fully saturated rings. The molecule has 38 heavy (non-hydrogen) atoms. The maximum atomic E-state index is 12.6. The van der Waals surface area contributed by atoms with Gasteiger partial charge in [0.15, 0.2) is 12.6 Å². The number of carbonyl (C=O) groups excluding carboxylic acids is 3. The van der Waals surface area contributed by atoms with Gasteiger partial charge >= 0.3 is 11.9 Å². The Morgan fingerprint density at radius 3 is 1.89 bits per heavy atom. The first-order valence-corrected chi connectivity index (χ1v) is 11.2. The first-order valence-electron chi connectivity index (χ1n) is 11.2. The van der Waals surface area contributed by atoms with Crippen LogP contribution in [-0.4, -0.2) is 39.6 Å². The second-order valence-corrected chi connectivity index (χ2v) is 7.82. The molecule has 0 bridgehead atoms. The highest BCUT2D eigenvalue weighted by atomic mass is 16.5. The quantitative estimate of drug-likeness (QED) is 0.230. The van der Waals surface area contributed by atoms with E-state index in [1.807, 2.05) is 0 Å². The smallest absolute Gasteiger partial charge is 0.344 e. The number of carbonyl (C=O) groups is 4. The summed E-state index contributed by atoms with van der Waals surface area (Å²) in [5, 5.41) is 8.97. The van der Waals surface area contributed by atoms with Crippen molar-refractivity contribution in [3.63, 3.8) is 0 Å². The first-order chi connectivity index (χ1) is 18.5. The number of esters is 1. The van der Waals surface area contributed by atoms with Crippen molar-refractivity contribution in [3.05, 3.63) is 113 Å². The lowest BCUT2D eigenvalue weighted by Gasteiger charge is -2.10. The molecule has 0 aliphatic heterocycles. The Bertz CT molecular complexity index is 1470. The largest absolute Gasteiger partial charge is 0.487 e. The number of aromatic carboxylic acids is 1. The summed E-state index contributed by atoms with van der Waals surface area (Å²) in [5.74, 6) is -1.26. The van der Waals surface area contributed by atoms with E-state index in [0.29, 0.717) is 23.9 Å². The van der Waals surface area contributed by atoms with Crippen LogP contribution in [0, 0.1) is 0 Å². The molecule has 2 heterocycles. The number of aromatic nitrogens is 2. The molecule has 0 saturated heterocycles. The zero-order valence-electron chi connectivity index (χ0n) is 19.8. The lowest BCUT2D eigenvalue weighted by atomic mass is 10.1. The number of aldehydes is 2. The van der Waals surface area contributed by atoms with Gasteiger partial charge in [0.05, 0.1) is 11.1 Å². The van der Waals surface area contributed by atoms with Crippen molar-refractivity contribution in [2.75, 3.05) is 0 Å². The summed E-state index contributed by atoms with van der Waals surface area (Å²) in [6.07, 6.45) is 2.58. The van der Waals surface area contributed by atoms with Gasteiger partial charge in [0.1, 0.15) is 36.1 Å². The van der Waals surface area contributed by atoms with Crippen molar-refractivity contribution in [3.8, 4) is 17.4 Å². The summed E-state index contributed by atoms with van der Waals surface area (Å²) in [4.78, 5) is 54.0. The maximum absolute atomic E-state index is 12.6. The Hall–Kier alpha value is -5.38. The average Bonchev–Trinajstić information content (AvgIpc) is 2.95. The van der Waals surface area contributed by atoms with E-state index < -0.39 is 11.9 Å². The van der Waals surface area contributed by atoms with Crippen LogP contribution >= 0.6 is 0 Å². The summed E-state index contributed by atoms with van der Waals surface area (Å²) in [5.41, 5.74) is 1.98. The van der Waals surface area contributed by atoms with Crippen molar-refractivity contribution in [2.24, 2.45) is 0 Å². The van der Waals surface area contributed by atoms with Gasteiger partial charge in [0, 0.05) is 12.3 Å². The van der Waals surface area contributed by atoms with Crippen molar-refractivity contribution < 1.29 is 38.5 Å². The van der Waals surface area contributed by atoms with Crippen molar-refractivity contribution in [1.82, 2.24) is 9.97 Å². The molecule has 10 nitrogen and oxygen atoms in total. The Morgan fingerprint density at radius 1 is 0.737 bits per heavy atom. The molecule has 0 unspecified atom stereocenters. The van der Waals surface area contributed by atoms with Crippen LogP contribution in [0.5, 0.6) is 17.4 Å².